The van der Waals surface area contributed by atoms with Crippen molar-refractivity contribution >= 4 is 17.3 Å². The van der Waals surface area contributed by atoms with Gasteiger partial charge >= 0.3 is 0 Å². The molecule has 1 aromatic carbocycles. The highest BCUT2D eigenvalue weighted by atomic mass is 16.3. The number of aryl methyl sites for hydroxylation is 1. The molecule has 84 valence electrons. The first-order chi connectivity index (χ1) is 7.53. The number of para-hydroxylation sites is 2. The number of carbonyl (C=O) groups is 1. The van der Waals surface area contributed by atoms with E-state index in [0.29, 0.717) is 12.1 Å². The quantitative estimate of drug-likeness (QED) is 0.784. The highest BCUT2D eigenvalue weighted by Gasteiger charge is 2.22. The number of aromatic nitrogens is 2. The predicted molar refractivity (Wildman–Crippen MR) is 61.1 cm³/mol. The first-order valence-corrected chi connectivity index (χ1v) is 5.12. The molecule has 0 fully saturated rings. The molecule has 0 radical (unpaired) electrons. The zero-order chi connectivity index (χ0) is 11.8. The largest absolute Gasteiger partial charge is 0.382 e. The first-order valence-electron chi connectivity index (χ1n) is 5.12. The summed E-state index contributed by atoms with van der Waals surface area (Å²) >= 11 is 0. The lowest BCUT2D eigenvalue weighted by atomic mass is 10.0. The zero-order valence-electron chi connectivity index (χ0n) is 9.34. The van der Waals surface area contributed by atoms with Crippen LogP contribution >= 0.6 is 0 Å². The average molecular weight is 218 g/mol. The Morgan fingerprint density at radius 3 is 2.81 bits per heavy atom. The second kappa shape index (κ2) is 3.72. The lowest BCUT2D eigenvalue weighted by Gasteiger charge is -2.14. The normalized spacial score (nSPS) is 14.9. The molecular weight excluding hydrogens is 204 g/mol. The molecule has 0 amide bonds. The van der Waals surface area contributed by atoms with Gasteiger partial charge in [0, 0.05) is 13.5 Å². The van der Waals surface area contributed by atoms with Gasteiger partial charge in [0.05, 0.1) is 11.0 Å². The second-order valence-electron chi connectivity index (χ2n) is 4.23. The van der Waals surface area contributed by atoms with Crippen molar-refractivity contribution in [3.8, 4) is 0 Å². The molecule has 0 aliphatic rings. The van der Waals surface area contributed by atoms with Gasteiger partial charge in [-0.3, -0.25) is 0 Å². The number of fused-ring (bicyclic) bond motifs is 1. The van der Waals surface area contributed by atoms with Crippen molar-refractivity contribution in [3.05, 3.63) is 30.1 Å². The summed E-state index contributed by atoms with van der Waals surface area (Å²) in [6, 6.07) is 7.72. The molecule has 1 heterocycles. The number of imidazole rings is 1. The van der Waals surface area contributed by atoms with Crippen LogP contribution in [-0.2, 0) is 18.3 Å². The number of nitrogens with zero attached hydrogens (tertiary/aromatic N) is 2. The topological polar surface area (TPSA) is 55.1 Å². The molecule has 2 rings (SSSR count). The van der Waals surface area contributed by atoms with Crippen LogP contribution in [0.5, 0.6) is 0 Å². The summed E-state index contributed by atoms with van der Waals surface area (Å²) in [6.07, 6.45) is 0.772. The van der Waals surface area contributed by atoms with E-state index in [-0.39, 0.29) is 6.42 Å². The van der Waals surface area contributed by atoms with Gasteiger partial charge in [0.2, 0.25) is 0 Å². The molecule has 0 aliphatic carbocycles. The molecule has 0 aliphatic heterocycles. The summed E-state index contributed by atoms with van der Waals surface area (Å²) in [7, 11) is 1.88. The van der Waals surface area contributed by atoms with Crippen molar-refractivity contribution in [1.29, 1.82) is 0 Å². The molecule has 0 saturated carbocycles. The first kappa shape index (κ1) is 10.8. The number of carbonyl (C=O) groups excluding carboxylic acids is 1. The van der Waals surface area contributed by atoms with Gasteiger partial charge in [-0.25, -0.2) is 4.98 Å². The van der Waals surface area contributed by atoms with Crippen LogP contribution in [0.25, 0.3) is 11.0 Å². The Morgan fingerprint density at radius 2 is 2.19 bits per heavy atom. The van der Waals surface area contributed by atoms with E-state index >= 15 is 0 Å². The SMILES string of the molecule is Cn1c(CC(C)(O)C=O)nc2ccccc21. The summed E-state index contributed by atoms with van der Waals surface area (Å²) in [5, 5.41) is 9.70. The van der Waals surface area contributed by atoms with Crippen LogP contribution < -0.4 is 0 Å². The number of hydrogen-bond donors (Lipinski definition) is 1. The van der Waals surface area contributed by atoms with Gasteiger partial charge in [0.15, 0.2) is 6.29 Å². The van der Waals surface area contributed by atoms with Gasteiger partial charge in [-0.2, -0.15) is 0 Å². The number of benzene rings is 1. The Morgan fingerprint density at radius 1 is 1.50 bits per heavy atom. The molecule has 0 saturated heterocycles. The van der Waals surface area contributed by atoms with Gasteiger partial charge in [-0.1, -0.05) is 12.1 Å². The van der Waals surface area contributed by atoms with E-state index < -0.39 is 5.60 Å². The molecule has 1 atom stereocenters. The Labute approximate surface area is 93.5 Å². The highest BCUT2D eigenvalue weighted by molar-refractivity contribution is 5.76. The lowest BCUT2D eigenvalue weighted by molar-refractivity contribution is -0.122. The summed E-state index contributed by atoms with van der Waals surface area (Å²) in [6.45, 7) is 1.49. The van der Waals surface area contributed by atoms with Gasteiger partial charge in [0.25, 0.3) is 0 Å². The molecule has 2 aromatic rings. The summed E-state index contributed by atoms with van der Waals surface area (Å²) in [4.78, 5) is 15.1. The molecular formula is C12H14N2O2. The van der Waals surface area contributed by atoms with Crippen LogP contribution in [0.15, 0.2) is 24.3 Å². The lowest BCUT2D eigenvalue weighted by Crippen LogP contribution is -2.30. The molecule has 1 N–H and O–H groups in total. The maximum atomic E-state index is 10.7. The van der Waals surface area contributed by atoms with Crippen LogP contribution in [0, 0.1) is 0 Å². The van der Waals surface area contributed by atoms with Crippen LogP contribution in [0.1, 0.15) is 12.7 Å². The van der Waals surface area contributed by atoms with Crippen molar-refractivity contribution < 1.29 is 9.90 Å². The molecule has 0 bridgehead atoms. The van der Waals surface area contributed by atoms with Gasteiger partial charge in [-0.15, -0.1) is 0 Å². The van der Waals surface area contributed by atoms with Gasteiger partial charge < -0.3 is 14.5 Å². The molecule has 1 unspecified atom stereocenters. The van der Waals surface area contributed by atoms with Crippen molar-refractivity contribution in [3.63, 3.8) is 0 Å². The van der Waals surface area contributed by atoms with Crippen molar-refractivity contribution in [2.45, 2.75) is 18.9 Å². The number of rotatable bonds is 3. The minimum atomic E-state index is -1.35. The van der Waals surface area contributed by atoms with Crippen molar-refractivity contribution in [2.24, 2.45) is 7.05 Å². The minimum Gasteiger partial charge on any atom is -0.382 e. The fourth-order valence-corrected chi connectivity index (χ4v) is 1.72. The molecule has 4 heteroatoms. The number of aldehydes is 1. The Kier molecular flexibility index (Phi) is 2.52. The third kappa shape index (κ3) is 1.84. The van der Waals surface area contributed by atoms with Crippen LogP contribution in [0.4, 0.5) is 0 Å². The predicted octanol–water partition coefficient (Wildman–Crippen LogP) is 1.07. The fraction of sp³-hybridized carbons (Fsp3) is 0.333. The van der Waals surface area contributed by atoms with E-state index in [0.717, 1.165) is 11.0 Å². The van der Waals surface area contributed by atoms with Gasteiger partial charge in [-0.05, 0) is 19.1 Å². The third-order valence-corrected chi connectivity index (χ3v) is 2.65. The summed E-state index contributed by atoms with van der Waals surface area (Å²) in [5.74, 6) is 0.707. The van der Waals surface area contributed by atoms with E-state index in [9.17, 15) is 9.90 Å². The zero-order valence-corrected chi connectivity index (χ0v) is 9.34. The Bertz CT molecular complexity index is 529. The van der Waals surface area contributed by atoms with E-state index in [4.69, 9.17) is 0 Å². The van der Waals surface area contributed by atoms with Crippen LogP contribution in [-0.4, -0.2) is 26.5 Å². The van der Waals surface area contributed by atoms with Crippen molar-refractivity contribution in [2.75, 3.05) is 0 Å². The Balaban J connectivity index is 2.46. The number of aliphatic hydroxyl groups is 1. The van der Waals surface area contributed by atoms with Crippen LogP contribution in [0.3, 0.4) is 0 Å². The van der Waals surface area contributed by atoms with Gasteiger partial charge in [0.1, 0.15) is 11.4 Å². The smallest absolute Gasteiger partial charge is 0.151 e. The minimum absolute atomic E-state index is 0.224. The number of hydrogen-bond acceptors (Lipinski definition) is 3. The second-order valence-corrected chi connectivity index (χ2v) is 4.23. The van der Waals surface area contributed by atoms with E-state index in [2.05, 4.69) is 4.98 Å². The summed E-state index contributed by atoms with van der Waals surface area (Å²) in [5.41, 5.74) is 0.524. The van der Waals surface area contributed by atoms with Crippen LogP contribution in [0.2, 0.25) is 0 Å². The monoisotopic (exact) mass is 218 g/mol. The van der Waals surface area contributed by atoms with Crippen molar-refractivity contribution in [1.82, 2.24) is 9.55 Å². The average Bonchev–Trinajstić information content (AvgIpc) is 2.56. The molecule has 0 spiro atoms. The maximum Gasteiger partial charge on any atom is 0.151 e. The van der Waals surface area contributed by atoms with E-state index in [1.54, 1.807) is 0 Å². The van der Waals surface area contributed by atoms with E-state index in [1.165, 1.54) is 6.92 Å². The Hall–Kier alpha value is -1.68. The highest BCUT2D eigenvalue weighted by Crippen LogP contribution is 2.17. The standard InChI is InChI=1S/C12H14N2O2/c1-12(16,8-15)7-11-13-9-5-3-4-6-10(9)14(11)2/h3-6,8,16H,7H2,1-2H3. The third-order valence-electron chi connectivity index (χ3n) is 2.65. The maximum absolute atomic E-state index is 10.7. The fourth-order valence-electron chi connectivity index (χ4n) is 1.72. The molecule has 4 nitrogen and oxygen atoms in total. The summed E-state index contributed by atoms with van der Waals surface area (Å²) < 4.78 is 1.90. The molecule has 16 heavy (non-hydrogen) atoms. The van der Waals surface area contributed by atoms with E-state index in [1.807, 2.05) is 35.9 Å². The molecule has 1 aromatic heterocycles.